The van der Waals surface area contributed by atoms with Gasteiger partial charge in [-0.05, 0) is 48.7 Å². The second kappa shape index (κ2) is 10.7. The average molecular weight is 534 g/mol. The van der Waals surface area contributed by atoms with Crippen LogP contribution in [0.25, 0.3) is 22.2 Å². The van der Waals surface area contributed by atoms with Gasteiger partial charge in [0.2, 0.25) is 10.0 Å². The number of nitrogens with zero attached hydrogens (tertiary/aromatic N) is 4. The van der Waals surface area contributed by atoms with Gasteiger partial charge >= 0.3 is 0 Å². The molecule has 0 saturated heterocycles. The number of hydrogen-bond donors (Lipinski definition) is 2. The number of phenols is 1. The number of pyridine rings is 1. The number of aryl methyl sites for hydroxylation is 1. The molecule has 2 aromatic heterocycles. The van der Waals surface area contributed by atoms with Crippen molar-refractivity contribution in [2.24, 2.45) is 0 Å². The molecule has 0 amide bonds. The van der Waals surface area contributed by atoms with E-state index in [0.29, 0.717) is 42.3 Å². The number of para-hydroxylation sites is 1. The number of rotatable bonds is 8. The lowest BCUT2D eigenvalue weighted by Crippen LogP contribution is -2.31. The Morgan fingerprint density at radius 2 is 1.83 bits per heavy atom. The zero-order valence-corrected chi connectivity index (χ0v) is 22.1. The molecule has 2 aromatic carbocycles. The van der Waals surface area contributed by atoms with E-state index in [1.807, 2.05) is 37.1 Å². The van der Waals surface area contributed by atoms with Gasteiger partial charge in [-0.1, -0.05) is 25.1 Å². The lowest BCUT2D eigenvalue weighted by atomic mass is 10.0. The molecule has 8 nitrogen and oxygen atoms in total. The van der Waals surface area contributed by atoms with Crippen molar-refractivity contribution in [3.63, 3.8) is 0 Å². The van der Waals surface area contributed by atoms with Gasteiger partial charge in [0.05, 0.1) is 34.7 Å². The number of sulfonamides is 1. The molecule has 0 spiro atoms. The van der Waals surface area contributed by atoms with E-state index in [2.05, 4.69) is 10.2 Å². The molecule has 0 bridgehead atoms. The van der Waals surface area contributed by atoms with E-state index in [1.165, 1.54) is 22.7 Å². The molecule has 0 aliphatic rings. The zero-order valence-electron chi connectivity index (χ0n) is 20.5. The van der Waals surface area contributed by atoms with E-state index in [4.69, 9.17) is 4.98 Å². The number of nitrogens with one attached hydrogen (secondary N) is 1. The highest BCUT2D eigenvalue weighted by atomic mass is 35.5. The Balaban J connectivity index is 0.00000361. The summed E-state index contributed by atoms with van der Waals surface area (Å²) in [6.07, 6.45) is 3.46. The summed E-state index contributed by atoms with van der Waals surface area (Å²) in [6, 6.07) is 11.9. The second-order valence-electron chi connectivity index (χ2n) is 8.39. The van der Waals surface area contributed by atoms with Gasteiger partial charge < -0.3 is 10.0 Å². The van der Waals surface area contributed by atoms with E-state index in [-0.39, 0.29) is 12.4 Å². The standard InChI is InChI=1S/C25H28FN5O3S.ClH/c1-5-16-11-24(32)20(26)12-18(16)21-13-22-19(14-27-29-22)25(28-21)30(3)15-17-9-7-8-10-23(17)31(6-2)35(4,33)34;/h7-14,32H,5-6,15H2,1-4H3,(H,27,29);1H. The van der Waals surface area contributed by atoms with Crippen molar-refractivity contribution in [3.8, 4) is 17.0 Å². The smallest absolute Gasteiger partial charge is 0.232 e. The monoisotopic (exact) mass is 533 g/mol. The molecule has 36 heavy (non-hydrogen) atoms. The van der Waals surface area contributed by atoms with Crippen LogP contribution in [0, 0.1) is 5.82 Å². The summed E-state index contributed by atoms with van der Waals surface area (Å²) in [6.45, 7) is 4.41. The molecule has 0 aliphatic heterocycles. The molecule has 0 unspecified atom stereocenters. The van der Waals surface area contributed by atoms with Gasteiger partial charge in [-0.15, -0.1) is 12.4 Å². The SMILES string of the molecule is CCc1cc(O)c(F)cc1-c1cc2[nH]ncc2c(N(C)Cc2ccccc2N(CC)S(C)(=O)=O)n1.Cl. The van der Waals surface area contributed by atoms with Crippen molar-refractivity contribution in [1.29, 1.82) is 0 Å². The van der Waals surface area contributed by atoms with Crippen LogP contribution in [0.4, 0.5) is 15.9 Å². The van der Waals surface area contributed by atoms with E-state index in [0.717, 1.165) is 22.0 Å². The molecular formula is C25H29ClFN5O3S. The summed E-state index contributed by atoms with van der Waals surface area (Å²) >= 11 is 0. The summed E-state index contributed by atoms with van der Waals surface area (Å²) in [7, 11) is -1.58. The van der Waals surface area contributed by atoms with Gasteiger partial charge in [-0.25, -0.2) is 17.8 Å². The molecular weight excluding hydrogens is 505 g/mol. The van der Waals surface area contributed by atoms with E-state index < -0.39 is 21.6 Å². The predicted octanol–water partition coefficient (Wildman–Crippen LogP) is 4.88. The van der Waals surface area contributed by atoms with Crippen LogP contribution in [-0.4, -0.2) is 48.6 Å². The fourth-order valence-electron chi connectivity index (χ4n) is 4.29. The normalized spacial score (nSPS) is 11.4. The maximum absolute atomic E-state index is 14.3. The summed E-state index contributed by atoms with van der Waals surface area (Å²) in [5.41, 5.74) is 4.05. The first-order chi connectivity index (χ1) is 16.6. The number of anilines is 2. The van der Waals surface area contributed by atoms with E-state index in [9.17, 15) is 17.9 Å². The maximum atomic E-state index is 14.3. The Labute approximate surface area is 216 Å². The van der Waals surface area contributed by atoms with Crippen LogP contribution in [0.3, 0.4) is 0 Å². The average Bonchev–Trinajstić information content (AvgIpc) is 3.29. The molecule has 0 fully saturated rings. The van der Waals surface area contributed by atoms with Gasteiger partial charge in [0.25, 0.3) is 0 Å². The van der Waals surface area contributed by atoms with Crippen molar-refractivity contribution in [3.05, 3.63) is 65.6 Å². The van der Waals surface area contributed by atoms with E-state index >= 15 is 0 Å². The summed E-state index contributed by atoms with van der Waals surface area (Å²) < 4.78 is 40.4. The molecule has 2 N–H and O–H groups in total. The quantitative estimate of drug-likeness (QED) is 0.335. The van der Waals surface area contributed by atoms with Gasteiger partial charge in [0.1, 0.15) is 5.82 Å². The van der Waals surface area contributed by atoms with Gasteiger partial charge in [-0.2, -0.15) is 5.10 Å². The zero-order chi connectivity index (χ0) is 25.3. The third-order valence-corrected chi connectivity index (χ3v) is 7.22. The number of H-pyrrole nitrogens is 1. The van der Waals surface area contributed by atoms with Crippen LogP contribution in [0.5, 0.6) is 5.75 Å². The lowest BCUT2D eigenvalue weighted by molar-refractivity contribution is 0.432. The van der Waals surface area contributed by atoms with Crippen LogP contribution in [0.15, 0.2) is 48.7 Å². The Morgan fingerprint density at radius 3 is 2.50 bits per heavy atom. The number of hydrogen-bond acceptors (Lipinski definition) is 6. The number of benzene rings is 2. The molecule has 0 atom stereocenters. The summed E-state index contributed by atoms with van der Waals surface area (Å²) in [5, 5.41) is 17.7. The van der Waals surface area contributed by atoms with Crippen molar-refractivity contribution < 1.29 is 17.9 Å². The Morgan fingerprint density at radius 1 is 1.11 bits per heavy atom. The Kier molecular flexibility index (Phi) is 8.10. The predicted molar refractivity (Wildman–Crippen MR) is 144 cm³/mol. The topological polar surface area (TPSA) is 102 Å². The van der Waals surface area contributed by atoms with E-state index in [1.54, 1.807) is 25.3 Å². The van der Waals surface area contributed by atoms with Crippen LogP contribution in [0.1, 0.15) is 25.0 Å². The lowest BCUT2D eigenvalue weighted by Gasteiger charge is -2.26. The fourth-order valence-corrected chi connectivity index (χ4v) is 5.30. The number of aromatic nitrogens is 3. The largest absolute Gasteiger partial charge is 0.505 e. The third kappa shape index (κ3) is 5.24. The first kappa shape index (κ1) is 27.2. The van der Waals surface area contributed by atoms with Gasteiger partial charge in [0.15, 0.2) is 11.6 Å². The molecule has 2 heterocycles. The van der Waals surface area contributed by atoms with Crippen LogP contribution in [-0.2, 0) is 23.0 Å². The summed E-state index contributed by atoms with van der Waals surface area (Å²) in [4.78, 5) is 6.76. The highest BCUT2D eigenvalue weighted by molar-refractivity contribution is 7.92. The van der Waals surface area contributed by atoms with Gasteiger partial charge in [-0.3, -0.25) is 9.40 Å². The molecule has 0 saturated carbocycles. The first-order valence-corrected chi connectivity index (χ1v) is 13.1. The highest BCUT2D eigenvalue weighted by Crippen LogP contribution is 2.34. The second-order valence-corrected chi connectivity index (χ2v) is 10.3. The summed E-state index contributed by atoms with van der Waals surface area (Å²) in [5.74, 6) is -0.500. The minimum Gasteiger partial charge on any atom is -0.505 e. The number of halogens is 2. The molecule has 192 valence electrons. The van der Waals surface area contributed by atoms with Crippen LogP contribution in [0.2, 0.25) is 0 Å². The minimum absolute atomic E-state index is 0. The van der Waals surface area contributed by atoms with Crippen LogP contribution < -0.4 is 9.21 Å². The Bertz CT molecular complexity index is 1490. The minimum atomic E-state index is -3.45. The molecule has 0 radical (unpaired) electrons. The Hall–Kier alpha value is -3.37. The molecule has 4 aromatic rings. The van der Waals surface area contributed by atoms with Crippen molar-refractivity contribution >= 4 is 44.8 Å². The van der Waals surface area contributed by atoms with Crippen molar-refractivity contribution in [1.82, 2.24) is 15.2 Å². The van der Waals surface area contributed by atoms with Crippen LogP contribution >= 0.6 is 12.4 Å². The number of phenolic OH excluding ortho intramolecular Hbond substituents is 1. The third-order valence-electron chi connectivity index (χ3n) is 5.96. The van der Waals surface area contributed by atoms with Gasteiger partial charge in [0, 0.05) is 25.7 Å². The fraction of sp³-hybridized carbons (Fsp3) is 0.280. The maximum Gasteiger partial charge on any atom is 0.232 e. The highest BCUT2D eigenvalue weighted by Gasteiger charge is 2.21. The van der Waals surface area contributed by atoms with Crippen molar-refractivity contribution in [2.75, 3.05) is 29.1 Å². The molecule has 0 aliphatic carbocycles. The first-order valence-electron chi connectivity index (χ1n) is 11.3. The number of fused-ring (bicyclic) bond motifs is 1. The molecule has 11 heteroatoms. The number of aromatic amines is 1. The number of aromatic hydroxyl groups is 1. The molecule has 4 rings (SSSR count). The van der Waals surface area contributed by atoms with Crippen molar-refractivity contribution in [2.45, 2.75) is 26.8 Å².